The minimum atomic E-state index is -0.960. The summed E-state index contributed by atoms with van der Waals surface area (Å²) >= 11 is 0. The number of carbonyl (C=O) groups excluding carboxylic acids is 1. The van der Waals surface area contributed by atoms with Gasteiger partial charge in [0.1, 0.15) is 11.4 Å². The number of Topliss-reactive ketones (excluding diaryl/α,β-unsaturated/α-hetero) is 1. The van der Waals surface area contributed by atoms with E-state index in [1.165, 1.54) is 0 Å². The Morgan fingerprint density at radius 1 is 1.44 bits per heavy atom. The molecule has 1 aromatic carbocycles. The van der Waals surface area contributed by atoms with Crippen LogP contribution in [0, 0.1) is 13.8 Å². The summed E-state index contributed by atoms with van der Waals surface area (Å²) in [5, 5.41) is 8.88. The van der Waals surface area contributed by atoms with E-state index in [4.69, 9.17) is 9.84 Å². The molecule has 4 nitrogen and oxygen atoms in total. The van der Waals surface area contributed by atoms with E-state index in [0.717, 1.165) is 11.1 Å². The summed E-state index contributed by atoms with van der Waals surface area (Å²) in [7, 11) is 0. The van der Waals surface area contributed by atoms with Crippen LogP contribution in [0.3, 0.4) is 0 Å². The molecule has 1 unspecified atom stereocenters. The van der Waals surface area contributed by atoms with Gasteiger partial charge in [-0.2, -0.15) is 0 Å². The van der Waals surface area contributed by atoms with Crippen molar-refractivity contribution in [2.24, 2.45) is 0 Å². The van der Waals surface area contributed by atoms with Crippen molar-refractivity contribution in [1.29, 1.82) is 0 Å². The van der Waals surface area contributed by atoms with Gasteiger partial charge < -0.3 is 9.84 Å². The van der Waals surface area contributed by atoms with Crippen molar-refractivity contribution < 1.29 is 19.4 Å². The second-order valence-corrected chi connectivity index (χ2v) is 5.18. The zero-order chi connectivity index (χ0) is 13.5. The maximum atomic E-state index is 12.1. The van der Waals surface area contributed by atoms with Crippen molar-refractivity contribution >= 4 is 11.8 Å². The van der Waals surface area contributed by atoms with Crippen LogP contribution in [-0.4, -0.2) is 22.5 Å². The summed E-state index contributed by atoms with van der Waals surface area (Å²) < 4.78 is 5.76. The first-order chi connectivity index (χ1) is 8.31. The zero-order valence-electron chi connectivity index (χ0n) is 10.7. The minimum absolute atomic E-state index is 0.0440. The van der Waals surface area contributed by atoms with E-state index in [0.29, 0.717) is 11.3 Å². The first-order valence-electron chi connectivity index (χ1n) is 5.86. The predicted molar refractivity (Wildman–Crippen MR) is 66.1 cm³/mol. The third-order valence-electron chi connectivity index (χ3n) is 3.14. The van der Waals surface area contributed by atoms with Crippen molar-refractivity contribution in [2.75, 3.05) is 0 Å². The van der Waals surface area contributed by atoms with Crippen LogP contribution in [0.1, 0.15) is 41.3 Å². The molecule has 18 heavy (non-hydrogen) atoms. The Morgan fingerprint density at radius 3 is 2.72 bits per heavy atom. The molecule has 0 saturated heterocycles. The summed E-state index contributed by atoms with van der Waals surface area (Å²) in [5.74, 6) is -0.497. The quantitative estimate of drug-likeness (QED) is 0.873. The fourth-order valence-corrected chi connectivity index (χ4v) is 2.51. The molecular weight excluding hydrogens is 232 g/mol. The lowest BCUT2D eigenvalue weighted by atomic mass is 9.87. The second kappa shape index (κ2) is 4.12. The van der Waals surface area contributed by atoms with Gasteiger partial charge in [-0.15, -0.1) is 0 Å². The van der Waals surface area contributed by atoms with Gasteiger partial charge in [0.25, 0.3) is 0 Å². The summed E-state index contributed by atoms with van der Waals surface area (Å²) in [5.41, 5.74) is 1.52. The number of fused-ring (bicyclic) bond motifs is 1. The largest absolute Gasteiger partial charge is 0.486 e. The smallest absolute Gasteiger partial charge is 0.307 e. The Bertz CT molecular complexity index is 533. The van der Waals surface area contributed by atoms with Gasteiger partial charge in [0.2, 0.25) is 0 Å². The number of hydrogen-bond donors (Lipinski definition) is 1. The van der Waals surface area contributed by atoms with Crippen molar-refractivity contribution in [1.82, 2.24) is 0 Å². The lowest BCUT2D eigenvalue weighted by Gasteiger charge is -2.34. The average molecular weight is 248 g/mol. The summed E-state index contributed by atoms with van der Waals surface area (Å²) in [6, 6.07) is 3.72. The van der Waals surface area contributed by atoms with Gasteiger partial charge in [0.05, 0.1) is 18.4 Å². The number of carboxylic acids is 1. The summed E-state index contributed by atoms with van der Waals surface area (Å²) in [4.78, 5) is 23.0. The monoisotopic (exact) mass is 248 g/mol. The Morgan fingerprint density at radius 2 is 2.11 bits per heavy atom. The minimum Gasteiger partial charge on any atom is -0.486 e. The van der Waals surface area contributed by atoms with E-state index in [1.807, 2.05) is 19.9 Å². The summed E-state index contributed by atoms with van der Waals surface area (Å²) in [6.07, 6.45) is -0.0681. The number of aliphatic carboxylic acids is 1. The van der Waals surface area contributed by atoms with Crippen LogP contribution in [0.4, 0.5) is 0 Å². The standard InChI is InChI=1S/C14H16O4/c1-8-4-9(2)13-10(15)6-14(3,7-12(16)17)18-11(13)5-8/h4-5H,6-7H2,1-3H3,(H,16,17). The Labute approximate surface area is 106 Å². The van der Waals surface area contributed by atoms with Gasteiger partial charge >= 0.3 is 5.97 Å². The van der Waals surface area contributed by atoms with Crippen LogP contribution < -0.4 is 4.74 Å². The fraction of sp³-hybridized carbons (Fsp3) is 0.429. The second-order valence-electron chi connectivity index (χ2n) is 5.18. The molecule has 0 amide bonds. The Balaban J connectivity index is 2.45. The molecule has 1 heterocycles. The number of hydrogen-bond acceptors (Lipinski definition) is 3. The number of benzene rings is 1. The van der Waals surface area contributed by atoms with E-state index in [9.17, 15) is 9.59 Å². The van der Waals surface area contributed by atoms with E-state index in [2.05, 4.69) is 0 Å². The number of carbonyl (C=O) groups is 2. The highest BCUT2D eigenvalue weighted by Gasteiger charge is 2.39. The van der Waals surface area contributed by atoms with Gasteiger partial charge in [-0.3, -0.25) is 9.59 Å². The van der Waals surface area contributed by atoms with Gasteiger partial charge in [-0.05, 0) is 38.0 Å². The highest BCUT2D eigenvalue weighted by molar-refractivity contribution is 6.02. The molecule has 4 heteroatoms. The third kappa shape index (κ3) is 2.23. The molecule has 0 fully saturated rings. The number of rotatable bonds is 2. The number of ether oxygens (including phenoxy) is 1. The highest BCUT2D eigenvalue weighted by Crippen LogP contribution is 2.37. The molecule has 1 atom stereocenters. The zero-order valence-corrected chi connectivity index (χ0v) is 10.7. The molecule has 1 aliphatic heterocycles. The fourth-order valence-electron chi connectivity index (χ4n) is 2.51. The number of carboxylic acid groups (broad SMARTS) is 1. The predicted octanol–water partition coefficient (Wildman–Crippen LogP) is 2.50. The van der Waals surface area contributed by atoms with Gasteiger partial charge in [-0.1, -0.05) is 6.07 Å². The molecule has 0 spiro atoms. The van der Waals surface area contributed by atoms with Gasteiger partial charge in [0, 0.05) is 0 Å². The number of ketones is 1. The molecule has 1 aromatic rings. The maximum Gasteiger partial charge on any atom is 0.307 e. The van der Waals surface area contributed by atoms with E-state index < -0.39 is 11.6 Å². The van der Waals surface area contributed by atoms with Crippen molar-refractivity contribution in [3.05, 3.63) is 28.8 Å². The maximum absolute atomic E-state index is 12.1. The van der Waals surface area contributed by atoms with Crippen LogP contribution in [0.25, 0.3) is 0 Å². The van der Waals surface area contributed by atoms with Gasteiger partial charge in [-0.25, -0.2) is 0 Å². The molecule has 0 aromatic heterocycles. The lowest BCUT2D eigenvalue weighted by molar-refractivity contribution is -0.141. The van der Waals surface area contributed by atoms with E-state index in [1.54, 1.807) is 13.0 Å². The molecule has 0 aliphatic carbocycles. The third-order valence-corrected chi connectivity index (χ3v) is 3.14. The summed E-state index contributed by atoms with van der Waals surface area (Å²) in [6.45, 7) is 5.46. The van der Waals surface area contributed by atoms with Crippen LogP contribution in [0.5, 0.6) is 5.75 Å². The molecule has 1 N–H and O–H groups in total. The molecule has 0 saturated carbocycles. The Hall–Kier alpha value is -1.84. The first kappa shape index (κ1) is 12.6. The van der Waals surface area contributed by atoms with Crippen LogP contribution in [-0.2, 0) is 4.79 Å². The molecule has 0 radical (unpaired) electrons. The topological polar surface area (TPSA) is 63.6 Å². The van der Waals surface area contributed by atoms with E-state index in [-0.39, 0.29) is 18.6 Å². The molecule has 96 valence electrons. The molecular formula is C14H16O4. The van der Waals surface area contributed by atoms with Crippen molar-refractivity contribution in [3.8, 4) is 5.75 Å². The SMILES string of the molecule is Cc1cc(C)c2c(c1)OC(C)(CC(=O)O)CC2=O. The molecule has 1 aliphatic rings. The highest BCUT2D eigenvalue weighted by atomic mass is 16.5. The van der Waals surface area contributed by atoms with Crippen LogP contribution in [0.15, 0.2) is 12.1 Å². The Kier molecular flexibility index (Phi) is 2.89. The molecule has 0 bridgehead atoms. The van der Waals surface area contributed by atoms with Crippen LogP contribution in [0.2, 0.25) is 0 Å². The normalized spacial score (nSPS) is 22.3. The van der Waals surface area contributed by atoms with E-state index >= 15 is 0 Å². The van der Waals surface area contributed by atoms with Crippen molar-refractivity contribution in [2.45, 2.75) is 39.2 Å². The van der Waals surface area contributed by atoms with Crippen LogP contribution >= 0.6 is 0 Å². The lowest BCUT2D eigenvalue weighted by Crippen LogP contribution is -2.41. The van der Waals surface area contributed by atoms with Crippen molar-refractivity contribution in [3.63, 3.8) is 0 Å². The van der Waals surface area contributed by atoms with Gasteiger partial charge in [0.15, 0.2) is 5.78 Å². The number of aryl methyl sites for hydroxylation is 2. The first-order valence-corrected chi connectivity index (χ1v) is 5.86. The molecule has 2 rings (SSSR count). The average Bonchev–Trinajstić information content (AvgIpc) is 2.11.